The van der Waals surface area contributed by atoms with E-state index in [9.17, 15) is 9.18 Å². The van der Waals surface area contributed by atoms with Gasteiger partial charge in [0.15, 0.2) is 0 Å². The molecule has 21 heavy (non-hydrogen) atoms. The monoisotopic (exact) mass is 286 g/mol. The summed E-state index contributed by atoms with van der Waals surface area (Å²) in [5, 5.41) is 0. The molecule has 0 aromatic heterocycles. The van der Waals surface area contributed by atoms with Crippen LogP contribution in [0.25, 0.3) is 0 Å². The minimum Gasteiger partial charge on any atom is -0.495 e. The molecular weight excluding hydrogens is 271 g/mol. The van der Waals surface area contributed by atoms with E-state index in [1.165, 1.54) is 19.2 Å². The highest BCUT2D eigenvalue weighted by atomic mass is 19.1. The van der Waals surface area contributed by atoms with Crippen LogP contribution in [-0.4, -0.2) is 19.6 Å². The average molecular weight is 286 g/mol. The molecule has 5 heteroatoms. The van der Waals surface area contributed by atoms with Gasteiger partial charge in [0.1, 0.15) is 11.6 Å². The largest absolute Gasteiger partial charge is 0.495 e. The Morgan fingerprint density at radius 2 is 2.14 bits per heavy atom. The smallest absolute Gasteiger partial charge is 0.260 e. The van der Waals surface area contributed by atoms with E-state index >= 15 is 0 Å². The summed E-state index contributed by atoms with van der Waals surface area (Å²) in [4.78, 5) is 14.2. The molecule has 0 aliphatic carbocycles. The highest BCUT2D eigenvalue weighted by molar-refractivity contribution is 6.11. The summed E-state index contributed by atoms with van der Waals surface area (Å²) in [6.07, 6.45) is 0.714. The number of benzene rings is 2. The highest BCUT2D eigenvalue weighted by Gasteiger charge is 2.27. The van der Waals surface area contributed by atoms with E-state index in [1.54, 1.807) is 29.2 Å². The van der Waals surface area contributed by atoms with Gasteiger partial charge in [-0.1, -0.05) is 12.1 Å². The molecule has 4 nitrogen and oxygen atoms in total. The number of fused-ring (bicyclic) bond motifs is 1. The number of nitrogens with zero attached hydrogens (tertiary/aromatic N) is 1. The van der Waals surface area contributed by atoms with Crippen LogP contribution < -0.4 is 15.4 Å². The average Bonchev–Trinajstić information content (AvgIpc) is 2.89. The third-order valence-corrected chi connectivity index (χ3v) is 3.70. The SMILES string of the molecule is COc1cccc(C(=O)N2CCc3ccc(F)cc32)c1N. The van der Waals surface area contributed by atoms with Gasteiger partial charge in [0.2, 0.25) is 0 Å². The van der Waals surface area contributed by atoms with E-state index in [4.69, 9.17) is 10.5 Å². The van der Waals surface area contributed by atoms with Gasteiger partial charge in [-0.25, -0.2) is 4.39 Å². The Bertz CT molecular complexity index is 715. The molecular formula is C16H15FN2O2. The Hall–Kier alpha value is -2.56. The van der Waals surface area contributed by atoms with Gasteiger partial charge >= 0.3 is 0 Å². The second-order valence-corrected chi connectivity index (χ2v) is 4.90. The Morgan fingerprint density at radius 3 is 2.90 bits per heavy atom. The van der Waals surface area contributed by atoms with Crippen molar-refractivity contribution in [3.8, 4) is 5.75 Å². The number of methoxy groups -OCH3 is 1. The van der Waals surface area contributed by atoms with Gasteiger partial charge in [0.25, 0.3) is 5.91 Å². The van der Waals surface area contributed by atoms with Crippen LogP contribution >= 0.6 is 0 Å². The fourth-order valence-electron chi connectivity index (χ4n) is 2.62. The van der Waals surface area contributed by atoms with E-state index < -0.39 is 0 Å². The predicted octanol–water partition coefficient (Wildman–Crippen LogP) is 2.62. The van der Waals surface area contributed by atoms with Crippen LogP contribution in [0, 0.1) is 5.82 Å². The molecule has 0 unspecified atom stereocenters. The number of hydrogen-bond acceptors (Lipinski definition) is 3. The molecule has 1 aliphatic heterocycles. The number of nitrogen functional groups attached to an aromatic ring is 1. The van der Waals surface area contributed by atoms with Gasteiger partial charge in [-0.05, 0) is 36.2 Å². The lowest BCUT2D eigenvalue weighted by atomic mass is 10.1. The maximum absolute atomic E-state index is 13.4. The molecule has 0 spiro atoms. The first kappa shape index (κ1) is 13.4. The van der Waals surface area contributed by atoms with E-state index in [-0.39, 0.29) is 11.7 Å². The first-order valence-electron chi connectivity index (χ1n) is 6.64. The molecule has 0 bridgehead atoms. The molecule has 2 aromatic carbocycles. The van der Waals surface area contributed by atoms with Crippen molar-refractivity contribution >= 4 is 17.3 Å². The van der Waals surface area contributed by atoms with Crippen LogP contribution in [0.3, 0.4) is 0 Å². The number of anilines is 2. The summed E-state index contributed by atoms with van der Waals surface area (Å²) < 4.78 is 18.5. The summed E-state index contributed by atoms with van der Waals surface area (Å²) in [5.41, 5.74) is 8.21. The number of halogens is 1. The molecule has 0 fully saturated rings. The molecule has 1 aliphatic rings. The number of hydrogen-bond donors (Lipinski definition) is 1. The number of amides is 1. The zero-order chi connectivity index (χ0) is 15.0. The topological polar surface area (TPSA) is 55.6 Å². The Labute approximate surface area is 121 Å². The third-order valence-electron chi connectivity index (χ3n) is 3.70. The van der Waals surface area contributed by atoms with Crippen molar-refractivity contribution in [2.24, 2.45) is 0 Å². The van der Waals surface area contributed by atoms with Crippen molar-refractivity contribution in [3.63, 3.8) is 0 Å². The van der Waals surface area contributed by atoms with Gasteiger partial charge in [-0.2, -0.15) is 0 Å². The molecule has 2 aromatic rings. The van der Waals surface area contributed by atoms with Crippen molar-refractivity contribution in [1.29, 1.82) is 0 Å². The second kappa shape index (κ2) is 5.09. The number of carbonyl (C=O) groups excluding carboxylic acids is 1. The molecule has 0 saturated heterocycles. The summed E-state index contributed by atoms with van der Waals surface area (Å²) in [6, 6.07) is 9.57. The molecule has 0 saturated carbocycles. The lowest BCUT2D eigenvalue weighted by molar-refractivity contribution is 0.0990. The summed E-state index contributed by atoms with van der Waals surface area (Å²) in [5.74, 6) is -0.137. The summed E-state index contributed by atoms with van der Waals surface area (Å²) in [7, 11) is 1.50. The van der Waals surface area contributed by atoms with Crippen LogP contribution in [0.2, 0.25) is 0 Å². The normalized spacial score (nSPS) is 13.1. The summed E-state index contributed by atoms with van der Waals surface area (Å²) in [6.45, 7) is 0.522. The number of nitrogens with two attached hydrogens (primary N) is 1. The van der Waals surface area contributed by atoms with Crippen LogP contribution in [0.4, 0.5) is 15.8 Å². The molecule has 1 heterocycles. The zero-order valence-electron chi connectivity index (χ0n) is 11.6. The quantitative estimate of drug-likeness (QED) is 0.863. The number of carbonyl (C=O) groups is 1. The van der Waals surface area contributed by atoms with Crippen LogP contribution in [0.1, 0.15) is 15.9 Å². The fourth-order valence-corrected chi connectivity index (χ4v) is 2.62. The van der Waals surface area contributed by atoms with Crippen molar-refractivity contribution in [2.45, 2.75) is 6.42 Å². The maximum Gasteiger partial charge on any atom is 0.260 e. The van der Waals surface area contributed by atoms with Gasteiger partial charge in [-0.3, -0.25) is 4.79 Å². The first-order valence-corrected chi connectivity index (χ1v) is 6.64. The van der Waals surface area contributed by atoms with E-state index in [0.29, 0.717) is 35.7 Å². The lowest BCUT2D eigenvalue weighted by Gasteiger charge is -2.19. The van der Waals surface area contributed by atoms with Gasteiger partial charge < -0.3 is 15.4 Å². The summed E-state index contributed by atoms with van der Waals surface area (Å²) >= 11 is 0. The molecule has 2 N–H and O–H groups in total. The Balaban J connectivity index is 2.00. The standard InChI is InChI=1S/C16H15FN2O2/c1-21-14-4-2-3-12(15(14)18)16(20)19-8-7-10-5-6-11(17)9-13(10)19/h2-6,9H,7-8,18H2,1H3. The Kier molecular flexibility index (Phi) is 3.25. The second-order valence-electron chi connectivity index (χ2n) is 4.90. The predicted molar refractivity (Wildman–Crippen MR) is 79.2 cm³/mol. The minimum atomic E-state index is -0.355. The number of ether oxygens (including phenoxy) is 1. The molecule has 1 amide bonds. The van der Waals surface area contributed by atoms with Gasteiger partial charge in [0.05, 0.1) is 24.0 Å². The first-order chi connectivity index (χ1) is 10.1. The Morgan fingerprint density at radius 1 is 1.33 bits per heavy atom. The van der Waals surface area contributed by atoms with Gasteiger partial charge in [-0.15, -0.1) is 0 Å². The minimum absolute atomic E-state index is 0.240. The van der Waals surface area contributed by atoms with Crippen molar-refractivity contribution in [2.75, 3.05) is 24.3 Å². The van der Waals surface area contributed by atoms with Gasteiger partial charge in [0, 0.05) is 6.54 Å². The van der Waals surface area contributed by atoms with Crippen LogP contribution in [0.15, 0.2) is 36.4 Å². The zero-order valence-corrected chi connectivity index (χ0v) is 11.6. The molecule has 0 atom stereocenters. The van der Waals surface area contributed by atoms with E-state index in [0.717, 1.165) is 5.56 Å². The maximum atomic E-state index is 13.4. The molecule has 3 rings (SSSR count). The lowest BCUT2D eigenvalue weighted by Crippen LogP contribution is -2.29. The van der Waals surface area contributed by atoms with Crippen molar-refractivity contribution < 1.29 is 13.9 Å². The highest BCUT2D eigenvalue weighted by Crippen LogP contribution is 2.32. The molecule has 0 radical (unpaired) electrons. The third kappa shape index (κ3) is 2.20. The number of rotatable bonds is 2. The number of para-hydroxylation sites is 1. The van der Waals surface area contributed by atoms with Crippen molar-refractivity contribution in [1.82, 2.24) is 0 Å². The van der Waals surface area contributed by atoms with Crippen molar-refractivity contribution in [3.05, 3.63) is 53.3 Å². The van der Waals surface area contributed by atoms with E-state index in [1.807, 2.05) is 0 Å². The molecule has 108 valence electrons. The van der Waals surface area contributed by atoms with E-state index in [2.05, 4.69) is 0 Å². The van der Waals surface area contributed by atoms with Crippen LogP contribution in [0.5, 0.6) is 5.75 Å². The van der Waals surface area contributed by atoms with Crippen LogP contribution in [-0.2, 0) is 6.42 Å². The fraction of sp³-hybridized carbons (Fsp3) is 0.188.